The Balaban J connectivity index is 1.77. The van der Waals surface area contributed by atoms with Crippen LogP contribution >= 0.6 is 11.3 Å². The van der Waals surface area contributed by atoms with Crippen LogP contribution in [0, 0.1) is 0 Å². The molecule has 1 N–H and O–H groups in total. The van der Waals surface area contributed by atoms with Crippen LogP contribution in [0.5, 0.6) is 0 Å². The van der Waals surface area contributed by atoms with Crippen molar-refractivity contribution in [3.63, 3.8) is 0 Å². The number of rotatable bonds is 2. The molecule has 1 aliphatic carbocycles. The molecular weight excluding hydrogens is 254 g/mol. The molecule has 0 saturated heterocycles. The van der Waals surface area contributed by atoms with E-state index < -0.39 is 0 Å². The van der Waals surface area contributed by atoms with Crippen LogP contribution in [0.2, 0.25) is 0 Å². The molecule has 0 saturated carbocycles. The fraction of sp³-hybridized carbons (Fsp3) is 0.200. The summed E-state index contributed by atoms with van der Waals surface area (Å²) in [6.07, 6.45) is 4.63. The van der Waals surface area contributed by atoms with E-state index in [-0.39, 0.29) is 5.92 Å². The molecule has 94 valence electrons. The largest absolute Gasteiger partial charge is 0.348 e. The maximum atomic E-state index is 4.86. The quantitative estimate of drug-likeness (QED) is 0.603. The summed E-state index contributed by atoms with van der Waals surface area (Å²) in [4.78, 5) is 13.5. The highest BCUT2D eigenvalue weighted by molar-refractivity contribution is 7.12. The fourth-order valence-electron chi connectivity index (χ4n) is 2.60. The van der Waals surface area contributed by atoms with Crippen LogP contribution in [0.4, 0.5) is 0 Å². The van der Waals surface area contributed by atoms with Gasteiger partial charge in [-0.1, -0.05) is 31.2 Å². The summed E-state index contributed by atoms with van der Waals surface area (Å²) < 4.78 is 0. The van der Waals surface area contributed by atoms with E-state index >= 15 is 0 Å². The second-order valence-corrected chi connectivity index (χ2v) is 6.00. The van der Waals surface area contributed by atoms with Gasteiger partial charge in [-0.05, 0) is 5.56 Å². The number of nitrogens with zero attached hydrogens (tertiary/aromatic N) is 2. The van der Waals surface area contributed by atoms with Gasteiger partial charge in [-0.2, -0.15) is 0 Å². The van der Waals surface area contributed by atoms with Gasteiger partial charge in [0.25, 0.3) is 0 Å². The first kappa shape index (κ1) is 10.9. The molecule has 1 unspecified atom stereocenters. The van der Waals surface area contributed by atoms with E-state index in [0.717, 1.165) is 12.1 Å². The molecule has 19 heavy (non-hydrogen) atoms. The molecule has 1 aromatic carbocycles. The first-order valence-corrected chi connectivity index (χ1v) is 7.20. The third kappa shape index (κ3) is 1.64. The van der Waals surface area contributed by atoms with Crippen LogP contribution < -0.4 is 0 Å². The molecule has 2 heterocycles. The van der Waals surface area contributed by atoms with Gasteiger partial charge in [-0.25, -0.2) is 9.97 Å². The minimum absolute atomic E-state index is 0.283. The summed E-state index contributed by atoms with van der Waals surface area (Å²) >= 11 is 1.83. The van der Waals surface area contributed by atoms with Crippen molar-refractivity contribution in [2.75, 3.05) is 0 Å². The number of H-pyrrole nitrogens is 1. The van der Waals surface area contributed by atoms with Gasteiger partial charge in [0, 0.05) is 34.7 Å². The Morgan fingerprint density at radius 2 is 2.21 bits per heavy atom. The van der Waals surface area contributed by atoms with Crippen molar-refractivity contribution >= 4 is 11.3 Å². The van der Waals surface area contributed by atoms with Crippen molar-refractivity contribution in [1.29, 1.82) is 0 Å². The minimum Gasteiger partial charge on any atom is -0.348 e. The summed E-state index contributed by atoms with van der Waals surface area (Å²) in [5.41, 5.74) is 5.01. The molecule has 0 amide bonds. The molecule has 2 aromatic heterocycles. The van der Waals surface area contributed by atoms with Crippen molar-refractivity contribution in [2.45, 2.75) is 19.3 Å². The molecule has 0 fully saturated rings. The maximum Gasteiger partial charge on any atom is 0.102 e. The summed E-state index contributed by atoms with van der Waals surface area (Å²) in [6, 6.07) is 8.56. The van der Waals surface area contributed by atoms with E-state index in [0.29, 0.717) is 0 Å². The zero-order valence-corrected chi connectivity index (χ0v) is 11.4. The minimum atomic E-state index is 0.283. The Morgan fingerprint density at radius 3 is 3.05 bits per heavy atom. The fourth-order valence-corrected chi connectivity index (χ4v) is 3.77. The highest BCUT2D eigenvalue weighted by Gasteiger charge is 2.25. The molecule has 1 atom stereocenters. The lowest BCUT2D eigenvalue weighted by molar-refractivity contribution is 0.871. The SMILES string of the molecule is CC(c1cnc[nH]1)c1nc2c(s1)Cc1ccccc1-2. The van der Waals surface area contributed by atoms with Crippen LogP contribution in [0.3, 0.4) is 0 Å². The number of aromatic amines is 1. The van der Waals surface area contributed by atoms with Crippen LogP contribution in [-0.4, -0.2) is 15.0 Å². The lowest BCUT2D eigenvalue weighted by atomic mass is 10.1. The Morgan fingerprint density at radius 1 is 1.32 bits per heavy atom. The third-order valence-electron chi connectivity index (χ3n) is 3.69. The molecule has 0 aliphatic heterocycles. The van der Waals surface area contributed by atoms with E-state index in [1.54, 1.807) is 6.33 Å². The number of fused-ring (bicyclic) bond motifs is 3. The Hall–Kier alpha value is -1.94. The van der Waals surface area contributed by atoms with Crippen LogP contribution in [0.1, 0.15) is 34.0 Å². The number of imidazole rings is 1. The molecule has 4 heteroatoms. The number of benzene rings is 1. The molecular formula is C15H13N3S. The first-order chi connectivity index (χ1) is 9.33. The Bertz CT molecular complexity index is 728. The van der Waals surface area contributed by atoms with Crippen molar-refractivity contribution in [3.8, 4) is 11.3 Å². The van der Waals surface area contributed by atoms with E-state index in [1.807, 2.05) is 17.5 Å². The standard InChI is InChI=1S/C15H13N3S/c1-9(12-7-16-8-17-12)15-18-14-11-5-3-2-4-10(11)6-13(14)19-15/h2-5,7-9H,6H2,1H3,(H,16,17). The van der Waals surface area contributed by atoms with E-state index in [1.165, 1.54) is 26.7 Å². The van der Waals surface area contributed by atoms with Gasteiger partial charge < -0.3 is 4.98 Å². The predicted molar refractivity (Wildman–Crippen MR) is 76.5 cm³/mol. The van der Waals surface area contributed by atoms with Crippen molar-refractivity contribution in [3.05, 3.63) is 57.9 Å². The highest BCUT2D eigenvalue weighted by atomic mass is 32.1. The average Bonchev–Trinajstić information content (AvgIpc) is 3.13. The number of hydrogen-bond donors (Lipinski definition) is 1. The van der Waals surface area contributed by atoms with Gasteiger partial charge in [0.2, 0.25) is 0 Å². The van der Waals surface area contributed by atoms with E-state index in [2.05, 4.69) is 41.2 Å². The number of thiazole rings is 1. The smallest absolute Gasteiger partial charge is 0.102 e. The number of nitrogens with one attached hydrogen (secondary N) is 1. The van der Waals surface area contributed by atoms with Gasteiger partial charge in [0.05, 0.1) is 12.0 Å². The highest BCUT2D eigenvalue weighted by Crippen LogP contribution is 2.41. The summed E-state index contributed by atoms with van der Waals surface area (Å²) in [5, 5.41) is 1.17. The molecule has 0 radical (unpaired) electrons. The third-order valence-corrected chi connectivity index (χ3v) is 4.93. The van der Waals surface area contributed by atoms with Gasteiger partial charge in [-0.3, -0.25) is 0 Å². The Kier molecular flexibility index (Phi) is 2.32. The molecule has 3 aromatic rings. The molecule has 0 bridgehead atoms. The second-order valence-electron chi connectivity index (χ2n) is 4.89. The zero-order valence-electron chi connectivity index (χ0n) is 10.6. The maximum absolute atomic E-state index is 4.86. The topological polar surface area (TPSA) is 41.6 Å². The number of hydrogen-bond acceptors (Lipinski definition) is 3. The van der Waals surface area contributed by atoms with E-state index in [9.17, 15) is 0 Å². The summed E-state index contributed by atoms with van der Waals surface area (Å²) in [7, 11) is 0. The van der Waals surface area contributed by atoms with Crippen LogP contribution in [0.15, 0.2) is 36.8 Å². The average molecular weight is 267 g/mol. The molecule has 4 rings (SSSR count). The van der Waals surface area contributed by atoms with Gasteiger partial charge in [0.1, 0.15) is 5.01 Å². The van der Waals surface area contributed by atoms with Crippen LogP contribution in [-0.2, 0) is 6.42 Å². The van der Waals surface area contributed by atoms with Gasteiger partial charge >= 0.3 is 0 Å². The molecule has 1 aliphatic rings. The second kappa shape index (κ2) is 4.03. The normalized spacial score (nSPS) is 14.2. The van der Waals surface area contributed by atoms with Gasteiger partial charge in [0.15, 0.2) is 0 Å². The lowest BCUT2D eigenvalue weighted by Crippen LogP contribution is -1.95. The lowest BCUT2D eigenvalue weighted by Gasteiger charge is -2.05. The summed E-state index contributed by atoms with van der Waals surface area (Å²) in [6.45, 7) is 2.17. The van der Waals surface area contributed by atoms with E-state index in [4.69, 9.17) is 4.98 Å². The number of aromatic nitrogens is 3. The monoisotopic (exact) mass is 267 g/mol. The van der Waals surface area contributed by atoms with Crippen molar-refractivity contribution in [2.24, 2.45) is 0 Å². The first-order valence-electron chi connectivity index (χ1n) is 6.39. The van der Waals surface area contributed by atoms with Crippen molar-refractivity contribution < 1.29 is 0 Å². The van der Waals surface area contributed by atoms with Crippen LogP contribution in [0.25, 0.3) is 11.3 Å². The Labute approximate surface area is 115 Å². The zero-order chi connectivity index (χ0) is 12.8. The van der Waals surface area contributed by atoms with Crippen molar-refractivity contribution in [1.82, 2.24) is 15.0 Å². The summed E-state index contributed by atoms with van der Waals surface area (Å²) in [5.74, 6) is 0.283. The molecule has 3 nitrogen and oxygen atoms in total. The van der Waals surface area contributed by atoms with Gasteiger partial charge in [-0.15, -0.1) is 11.3 Å². The molecule has 0 spiro atoms. The predicted octanol–water partition coefficient (Wildman–Crippen LogP) is 3.59.